The summed E-state index contributed by atoms with van der Waals surface area (Å²) >= 11 is 0. The molecule has 0 bridgehead atoms. The second kappa shape index (κ2) is 12.2. The van der Waals surface area contributed by atoms with Crippen LogP contribution in [-0.2, 0) is 4.74 Å². The lowest BCUT2D eigenvalue weighted by molar-refractivity contribution is -0.207. The number of anilines is 2. The zero-order chi connectivity index (χ0) is 29.0. The summed E-state index contributed by atoms with van der Waals surface area (Å²) in [6, 6.07) is 14.1. The first-order valence-electron chi connectivity index (χ1n) is 13.2. The number of nitrogens with one attached hydrogen (secondary N) is 3. The van der Waals surface area contributed by atoms with E-state index in [9.17, 15) is 17.6 Å². The normalized spacial score (nSPS) is 18.2. The van der Waals surface area contributed by atoms with Gasteiger partial charge in [-0.15, -0.1) is 0 Å². The molecule has 0 spiro atoms. The summed E-state index contributed by atoms with van der Waals surface area (Å²) in [5, 5.41) is 10.5. The van der Waals surface area contributed by atoms with E-state index in [1.165, 1.54) is 0 Å². The molecule has 1 saturated heterocycles. The molecular weight excluding hydrogens is 540 g/mol. The number of hydrogen-bond donors (Lipinski definition) is 3. The van der Waals surface area contributed by atoms with Gasteiger partial charge in [0, 0.05) is 61.5 Å². The molecule has 1 aliphatic heterocycles. The summed E-state index contributed by atoms with van der Waals surface area (Å²) in [4.78, 5) is 13.4. The van der Waals surface area contributed by atoms with E-state index in [-0.39, 0.29) is 6.04 Å². The Kier molecular flexibility index (Phi) is 8.50. The molecule has 2 aromatic heterocycles. The average Bonchev–Trinajstić information content (AvgIpc) is 2.94. The average molecular weight is 571 g/mol. The minimum atomic E-state index is -4.49. The lowest BCUT2D eigenvalue weighted by Crippen LogP contribution is -2.44. The second-order valence-electron chi connectivity index (χ2n) is 9.82. The van der Waals surface area contributed by atoms with Crippen LogP contribution in [0.25, 0.3) is 22.0 Å². The van der Waals surface area contributed by atoms with Gasteiger partial charge in [-0.1, -0.05) is 24.3 Å². The smallest absolute Gasteiger partial charge is 0.416 e. The number of pyridine rings is 1. The summed E-state index contributed by atoms with van der Waals surface area (Å²) < 4.78 is 64.5. The van der Waals surface area contributed by atoms with Crippen molar-refractivity contribution in [2.75, 3.05) is 37.4 Å². The van der Waals surface area contributed by atoms with Crippen molar-refractivity contribution in [2.45, 2.75) is 37.8 Å². The molecule has 3 atom stereocenters. The molecule has 1 fully saturated rings. The van der Waals surface area contributed by atoms with Gasteiger partial charge in [0.2, 0.25) is 11.8 Å². The summed E-state index contributed by atoms with van der Waals surface area (Å²) in [7, 11) is 1.03. The van der Waals surface area contributed by atoms with Crippen LogP contribution in [0.4, 0.5) is 29.2 Å². The van der Waals surface area contributed by atoms with E-state index in [0.717, 1.165) is 12.7 Å². The molecule has 1 aliphatic rings. The number of ether oxygens (including phenoxy) is 2. The van der Waals surface area contributed by atoms with Crippen molar-refractivity contribution in [1.29, 1.82) is 0 Å². The Labute approximate surface area is 234 Å². The molecule has 0 aliphatic carbocycles. The number of nitrogens with zero attached hydrogens (tertiary/aromatic N) is 3. The highest BCUT2D eigenvalue weighted by Crippen LogP contribution is 2.38. The van der Waals surface area contributed by atoms with Gasteiger partial charge in [-0.05, 0) is 36.8 Å². The molecule has 8 nitrogen and oxygen atoms in total. The highest BCUT2D eigenvalue weighted by Gasteiger charge is 2.39. The third-order valence-corrected chi connectivity index (χ3v) is 6.87. The van der Waals surface area contributed by atoms with Crippen molar-refractivity contribution in [2.24, 2.45) is 0 Å². The maximum absolute atomic E-state index is 13.8. The van der Waals surface area contributed by atoms with Crippen LogP contribution in [0.5, 0.6) is 11.6 Å². The second-order valence-corrected chi connectivity index (χ2v) is 9.82. The number of rotatable bonds is 9. The van der Waals surface area contributed by atoms with Gasteiger partial charge >= 0.3 is 6.18 Å². The first kappa shape index (κ1) is 28.5. The summed E-state index contributed by atoms with van der Waals surface area (Å²) in [5.74, 6) is 1.18. The van der Waals surface area contributed by atoms with Crippen LogP contribution in [-0.4, -0.2) is 66.2 Å². The number of methoxy groups -OCH3 is 1. The molecule has 3 heterocycles. The molecule has 2 aromatic carbocycles. The van der Waals surface area contributed by atoms with Crippen LogP contribution >= 0.6 is 0 Å². The van der Waals surface area contributed by atoms with Crippen LogP contribution in [0.3, 0.4) is 0 Å². The molecular formula is C29H30F4N6O2. The number of fused-ring (bicyclic) bond motifs is 1. The molecule has 216 valence electrons. The minimum absolute atomic E-state index is 0.143. The maximum atomic E-state index is 13.8. The number of hydrogen-bond acceptors (Lipinski definition) is 8. The molecule has 4 aromatic rings. The fourth-order valence-electron chi connectivity index (χ4n) is 4.79. The lowest BCUT2D eigenvalue weighted by Gasteiger charge is -2.26. The Hall–Kier alpha value is -4.03. The molecule has 41 heavy (non-hydrogen) atoms. The van der Waals surface area contributed by atoms with Crippen molar-refractivity contribution < 1.29 is 27.0 Å². The first-order valence-corrected chi connectivity index (χ1v) is 13.2. The Morgan fingerprint density at radius 1 is 1.02 bits per heavy atom. The van der Waals surface area contributed by atoms with Crippen molar-refractivity contribution in [1.82, 2.24) is 20.3 Å². The van der Waals surface area contributed by atoms with Crippen molar-refractivity contribution >= 4 is 22.4 Å². The predicted molar refractivity (Wildman–Crippen MR) is 149 cm³/mol. The molecule has 0 radical (unpaired) electrons. The number of alkyl halides is 4. The molecule has 1 unspecified atom stereocenters. The fraction of sp³-hybridized carbons (Fsp3) is 0.345. The summed E-state index contributed by atoms with van der Waals surface area (Å²) in [5.41, 5.74) is 2.50. The van der Waals surface area contributed by atoms with Crippen LogP contribution in [0.1, 0.15) is 12.0 Å². The SMILES string of the molecule is COC(CNc1cccc2c(Oc3ncccc3-c3ccnc(N[C@H]4CNC[C@H](F)C4)n3)c(C)ccc12)C(F)(F)F. The Balaban J connectivity index is 1.43. The van der Waals surface area contributed by atoms with Gasteiger partial charge in [0.15, 0.2) is 6.10 Å². The molecule has 5 rings (SSSR count). The highest BCUT2D eigenvalue weighted by molar-refractivity contribution is 5.98. The largest absolute Gasteiger partial charge is 0.437 e. The molecule has 3 N–H and O–H groups in total. The van der Waals surface area contributed by atoms with E-state index in [2.05, 4.69) is 35.6 Å². The first-order chi connectivity index (χ1) is 19.7. The number of aromatic nitrogens is 3. The Morgan fingerprint density at radius 2 is 1.88 bits per heavy atom. The standard InChI is InChI=1S/C29H30F4N6O2/c1-17-8-9-20-21(5-3-7-23(20)37-16-25(40-2)29(31,32)33)26(17)41-27-22(6-4-11-35-27)24-10-12-36-28(39-24)38-19-13-18(30)14-34-15-19/h3-12,18-19,25,34,37H,13-16H2,1-2H3,(H,36,38,39)/t18-,19-,25?/m1/s1. The van der Waals surface area contributed by atoms with Gasteiger partial charge in [0.25, 0.3) is 0 Å². The van der Waals surface area contributed by atoms with E-state index in [0.29, 0.717) is 64.8 Å². The van der Waals surface area contributed by atoms with Gasteiger partial charge < -0.3 is 25.4 Å². The molecule has 0 saturated carbocycles. The fourth-order valence-corrected chi connectivity index (χ4v) is 4.79. The number of halogens is 4. The summed E-state index contributed by atoms with van der Waals surface area (Å²) in [6.07, 6.45) is -3.81. The van der Waals surface area contributed by atoms with Crippen LogP contribution in [0.15, 0.2) is 60.9 Å². The van der Waals surface area contributed by atoms with E-state index in [1.54, 1.807) is 36.7 Å². The molecule has 12 heteroatoms. The van der Waals surface area contributed by atoms with Gasteiger partial charge in [-0.3, -0.25) is 0 Å². The van der Waals surface area contributed by atoms with E-state index >= 15 is 0 Å². The predicted octanol–water partition coefficient (Wildman–Crippen LogP) is 5.89. The third kappa shape index (κ3) is 6.66. The van der Waals surface area contributed by atoms with E-state index in [4.69, 9.17) is 4.74 Å². The topological polar surface area (TPSA) is 93.2 Å². The highest BCUT2D eigenvalue weighted by atomic mass is 19.4. The zero-order valence-electron chi connectivity index (χ0n) is 22.5. The summed E-state index contributed by atoms with van der Waals surface area (Å²) in [6.45, 7) is 2.38. The van der Waals surface area contributed by atoms with Gasteiger partial charge in [-0.2, -0.15) is 13.2 Å². The van der Waals surface area contributed by atoms with Crippen molar-refractivity contribution in [3.05, 3.63) is 66.5 Å². The number of aryl methyl sites for hydroxylation is 1. The zero-order valence-corrected chi connectivity index (χ0v) is 22.5. The van der Waals surface area contributed by atoms with Gasteiger partial charge in [0.05, 0.1) is 17.8 Å². The monoisotopic (exact) mass is 570 g/mol. The van der Waals surface area contributed by atoms with E-state index < -0.39 is 25.0 Å². The minimum Gasteiger partial charge on any atom is -0.437 e. The Morgan fingerprint density at radius 3 is 2.66 bits per heavy atom. The molecule has 0 amide bonds. The van der Waals surface area contributed by atoms with Crippen LogP contribution in [0, 0.1) is 6.92 Å². The maximum Gasteiger partial charge on any atom is 0.416 e. The third-order valence-electron chi connectivity index (χ3n) is 6.87. The van der Waals surface area contributed by atoms with Crippen LogP contribution in [0.2, 0.25) is 0 Å². The van der Waals surface area contributed by atoms with Gasteiger partial charge in [0.1, 0.15) is 11.9 Å². The van der Waals surface area contributed by atoms with Crippen LogP contribution < -0.4 is 20.7 Å². The number of benzene rings is 2. The lowest BCUT2D eigenvalue weighted by atomic mass is 10.0. The Bertz CT molecular complexity index is 1500. The van der Waals surface area contributed by atoms with E-state index in [1.807, 2.05) is 31.2 Å². The van der Waals surface area contributed by atoms with Gasteiger partial charge in [-0.25, -0.2) is 19.3 Å². The van der Waals surface area contributed by atoms with Crippen molar-refractivity contribution in [3.8, 4) is 22.9 Å². The van der Waals surface area contributed by atoms with Crippen molar-refractivity contribution in [3.63, 3.8) is 0 Å². The number of piperidine rings is 1. The quantitative estimate of drug-likeness (QED) is 0.215.